The second kappa shape index (κ2) is 6.74. The molecule has 23 heavy (non-hydrogen) atoms. The van der Waals surface area contributed by atoms with Gasteiger partial charge in [-0.2, -0.15) is 0 Å². The fourth-order valence-corrected chi connectivity index (χ4v) is 3.67. The molecule has 0 atom stereocenters. The van der Waals surface area contributed by atoms with Crippen molar-refractivity contribution in [2.75, 3.05) is 12.0 Å². The number of thioether (sulfide) groups is 1. The number of amides is 1. The second-order valence-corrected chi connectivity index (χ2v) is 6.88. The number of thiocarbonyl (C=S) groups is 1. The summed E-state index contributed by atoms with van der Waals surface area (Å²) >= 11 is 12.6. The van der Waals surface area contributed by atoms with Crippen molar-refractivity contribution >= 4 is 57.6 Å². The van der Waals surface area contributed by atoms with Crippen LogP contribution in [0, 0.1) is 0 Å². The Morgan fingerprint density at radius 1 is 1.22 bits per heavy atom. The molecule has 1 aliphatic rings. The van der Waals surface area contributed by atoms with E-state index < -0.39 is 0 Å². The summed E-state index contributed by atoms with van der Waals surface area (Å²) in [5.41, 5.74) is 1.59. The van der Waals surface area contributed by atoms with Gasteiger partial charge in [0.2, 0.25) is 0 Å². The molecule has 3 rings (SSSR count). The third-order valence-corrected chi connectivity index (χ3v) is 4.81. The van der Waals surface area contributed by atoms with Gasteiger partial charge in [0.15, 0.2) is 4.32 Å². The van der Waals surface area contributed by atoms with E-state index in [4.69, 9.17) is 28.6 Å². The SMILES string of the molecule is COc1ccc(N2C(=O)/C(=C/c3cccc(Cl)c3)SC2=S)cc1. The summed E-state index contributed by atoms with van der Waals surface area (Å²) in [5.74, 6) is 0.596. The molecule has 0 bridgehead atoms. The molecule has 2 aromatic rings. The van der Waals surface area contributed by atoms with Crippen LogP contribution in [0.25, 0.3) is 6.08 Å². The highest BCUT2D eigenvalue weighted by atomic mass is 35.5. The molecule has 1 heterocycles. The predicted molar refractivity (Wildman–Crippen MR) is 100 cm³/mol. The highest BCUT2D eigenvalue weighted by Crippen LogP contribution is 2.36. The van der Waals surface area contributed by atoms with Crippen LogP contribution < -0.4 is 9.64 Å². The molecule has 6 heteroatoms. The van der Waals surface area contributed by atoms with Gasteiger partial charge in [-0.25, -0.2) is 0 Å². The molecule has 0 N–H and O–H groups in total. The Kier molecular flexibility index (Phi) is 4.71. The summed E-state index contributed by atoms with van der Waals surface area (Å²) in [5, 5.41) is 0.629. The van der Waals surface area contributed by atoms with Gasteiger partial charge in [0.05, 0.1) is 17.7 Å². The third kappa shape index (κ3) is 3.42. The molecule has 1 amide bonds. The predicted octanol–water partition coefficient (Wildman–Crippen LogP) is 4.75. The molecule has 0 aliphatic carbocycles. The maximum Gasteiger partial charge on any atom is 0.270 e. The normalized spacial score (nSPS) is 16.3. The first-order valence-electron chi connectivity index (χ1n) is 6.76. The molecule has 2 aromatic carbocycles. The zero-order valence-electron chi connectivity index (χ0n) is 12.2. The summed E-state index contributed by atoms with van der Waals surface area (Å²) < 4.78 is 5.64. The largest absolute Gasteiger partial charge is 0.497 e. The topological polar surface area (TPSA) is 29.5 Å². The van der Waals surface area contributed by atoms with Gasteiger partial charge in [-0.15, -0.1) is 0 Å². The van der Waals surface area contributed by atoms with Crippen LogP contribution in [-0.4, -0.2) is 17.3 Å². The number of carbonyl (C=O) groups is 1. The first kappa shape index (κ1) is 16.1. The van der Waals surface area contributed by atoms with Gasteiger partial charge in [0.25, 0.3) is 5.91 Å². The Morgan fingerprint density at radius 3 is 2.61 bits per heavy atom. The van der Waals surface area contributed by atoms with E-state index in [2.05, 4.69) is 0 Å². The van der Waals surface area contributed by atoms with Crippen LogP contribution in [0.3, 0.4) is 0 Å². The fourth-order valence-electron chi connectivity index (χ4n) is 2.17. The van der Waals surface area contributed by atoms with E-state index in [1.165, 1.54) is 16.7 Å². The number of benzene rings is 2. The van der Waals surface area contributed by atoms with Crippen LogP contribution in [-0.2, 0) is 4.79 Å². The van der Waals surface area contributed by atoms with Crippen LogP contribution in [0.5, 0.6) is 5.75 Å². The van der Waals surface area contributed by atoms with Crippen LogP contribution in [0.2, 0.25) is 5.02 Å². The van der Waals surface area contributed by atoms with Gasteiger partial charge in [-0.1, -0.05) is 47.7 Å². The minimum absolute atomic E-state index is 0.134. The molecule has 0 spiro atoms. The molecule has 0 saturated carbocycles. The molecule has 1 fully saturated rings. The second-order valence-electron chi connectivity index (χ2n) is 4.77. The van der Waals surface area contributed by atoms with Gasteiger partial charge in [-0.3, -0.25) is 9.69 Å². The number of anilines is 1. The Labute approximate surface area is 148 Å². The van der Waals surface area contributed by atoms with Crippen molar-refractivity contribution in [1.29, 1.82) is 0 Å². The number of hydrogen-bond acceptors (Lipinski definition) is 4. The molecule has 3 nitrogen and oxygen atoms in total. The average molecular weight is 362 g/mol. The number of rotatable bonds is 3. The lowest BCUT2D eigenvalue weighted by Gasteiger charge is -2.14. The lowest BCUT2D eigenvalue weighted by molar-refractivity contribution is -0.113. The molecule has 0 unspecified atom stereocenters. The first-order chi connectivity index (χ1) is 11.1. The van der Waals surface area contributed by atoms with Gasteiger partial charge < -0.3 is 4.74 Å². The Bertz CT molecular complexity index is 802. The summed E-state index contributed by atoms with van der Waals surface area (Å²) in [6, 6.07) is 14.6. The highest BCUT2D eigenvalue weighted by Gasteiger charge is 2.33. The average Bonchev–Trinajstić information content (AvgIpc) is 2.81. The van der Waals surface area contributed by atoms with E-state index in [0.29, 0.717) is 14.2 Å². The maximum atomic E-state index is 12.6. The lowest BCUT2D eigenvalue weighted by atomic mass is 10.2. The van der Waals surface area contributed by atoms with Gasteiger partial charge in [0.1, 0.15) is 5.75 Å². The van der Waals surface area contributed by atoms with E-state index in [1.54, 1.807) is 31.4 Å². The minimum Gasteiger partial charge on any atom is -0.497 e. The van der Waals surface area contributed by atoms with Gasteiger partial charge in [0, 0.05) is 5.02 Å². The summed E-state index contributed by atoms with van der Waals surface area (Å²) in [4.78, 5) is 14.7. The van der Waals surface area contributed by atoms with E-state index in [-0.39, 0.29) is 5.91 Å². The molecule has 116 valence electrons. The smallest absolute Gasteiger partial charge is 0.270 e. The Hall–Kier alpha value is -1.82. The third-order valence-electron chi connectivity index (χ3n) is 3.27. The Morgan fingerprint density at radius 2 is 1.96 bits per heavy atom. The molecule has 0 aromatic heterocycles. The monoisotopic (exact) mass is 361 g/mol. The van der Waals surface area contributed by atoms with Crippen LogP contribution >= 0.6 is 35.6 Å². The van der Waals surface area contributed by atoms with E-state index in [1.807, 2.05) is 30.3 Å². The number of methoxy groups -OCH3 is 1. The van der Waals surface area contributed by atoms with Crippen LogP contribution in [0.1, 0.15) is 5.56 Å². The maximum absolute atomic E-state index is 12.6. The summed E-state index contributed by atoms with van der Waals surface area (Å²) in [6.07, 6.45) is 1.80. The van der Waals surface area contributed by atoms with Crippen molar-refractivity contribution in [2.45, 2.75) is 0 Å². The lowest BCUT2D eigenvalue weighted by Crippen LogP contribution is -2.27. The van der Waals surface area contributed by atoms with Gasteiger partial charge in [-0.05, 0) is 48.0 Å². The fraction of sp³-hybridized carbons (Fsp3) is 0.0588. The number of hydrogen-bond donors (Lipinski definition) is 0. The van der Waals surface area contributed by atoms with Gasteiger partial charge >= 0.3 is 0 Å². The number of carbonyl (C=O) groups excluding carboxylic acids is 1. The molecule has 1 aliphatic heterocycles. The standard InChI is InChI=1S/C17H12ClNO2S2/c1-21-14-7-5-13(6-8-14)19-16(20)15(23-17(19)22)10-11-3-2-4-12(18)9-11/h2-10H,1H3/b15-10-. The molecular formula is C17H12ClNO2S2. The van der Waals surface area contributed by atoms with Crippen LogP contribution in [0.4, 0.5) is 5.69 Å². The van der Waals surface area contributed by atoms with Crippen molar-refractivity contribution < 1.29 is 9.53 Å². The molecular weight excluding hydrogens is 350 g/mol. The molecule has 0 radical (unpaired) electrons. The number of nitrogens with zero attached hydrogens (tertiary/aromatic N) is 1. The molecule has 1 saturated heterocycles. The number of ether oxygens (including phenoxy) is 1. The van der Waals surface area contributed by atoms with Crippen molar-refractivity contribution in [3.05, 3.63) is 64.0 Å². The van der Waals surface area contributed by atoms with Crippen molar-refractivity contribution in [3.63, 3.8) is 0 Å². The zero-order chi connectivity index (χ0) is 16.4. The highest BCUT2D eigenvalue weighted by molar-refractivity contribution is 8.27. The van der Waals surface area contributed by atoms with Crippen LogP contribution in [0.15, 0.2) is 53.4 Å². The summed E-state index contributed by atoms with van der Waals surface area (Å²) in [7, 11) is 1.60. The Balaban J connectivity index is 1.90. The van der Waals surface area contributed by atoms with E-state index in [9.17, 15) is 4.79 Å². The zero-order valence-corrected chi connectivity index (χ0v) is 14.5. The van der Waals surface area contributed by atoms with E-state index >= 15 is 0 Å². The van der Waals surface area contributed by atoms with Crippen molar-refractivity contribution in [1.82, 2.24) is 0 Å². The first-order valence-corrected chi connectivity index (χ1v) is 8.36. The van der Waals surface area contributed by atoms with Crippen molar-refractivity contribution in [3.8, 4) is 5.75 Å². The quantitative estimate of drug-likeness (QED) is 0.582. The van der Waals surface area contributed by atoms with E-state index in [0.717, 1.165) is 17.0 Å². The summed E-state index contributed by atoms with van der Waals surface area (Å²) in [6.45, 7) is 0. The minimum atomic E-state index is -0.134. The number of halogens is 1. The van der Waals surface area contributed by atoms with Crippen molar-refractivity contribution in [2.24, 2.45) is 0 Å².